The average molecular weight is 250 g/mol. The van der Waals surface area contributed by atoms with Crippen molar-refractivity contribution in [3.05, 3.63) is 59.3 Å². The van der Waals surface area contributed by atoms with Gasteiger partial charge in [0.25, 0.3) is 0 Å². The number of hydrogen-bond acceptors (Lipinski definition) is 3. The van der Waals surface area contributed by atoms with Gasteiger partial charge in [-0.15, -0.1) is 0 Å². The van der Waals surface area contributed by atoms with Gasteiger partial charge < -0.3 is 10.8 Å². The van der Waals surface area contributed by atoms with E-state index < -0.39 is 17.2 Å². The van der Waals surface area contributed by atoms with E-state index in [1.807, 2.05) is 0 Å². The van der Waals surface area contributed by atoms with Gasteiger partial charge in [0.05, 0.1) is 0 Å². The molecule has 0 saturated heterocycles. The average Bonchev–Trinajstić information content (AvgIpc) is 2.28. The second-order valence-corrected chi connectivity index (χ2v) is 4.17. The zero-order valence-electron chi connectivity index (χ0n) is 9.69. The number of halogens is 2. The van der Waals surface area contributed by atoms with E-state index in [2.05, 4.69) is 4.98 Å². The smallest absolute Gasteiger partial charge is 0.129 e. The molecule has 1 unspecified atom stereocenters. The fourth-order valence-corrected chi connectivity index (χ4v) is 1.82. The van der Waals surface area contributed by atoms with E-state index in [4.69, 9.17) is 5.73 Å². The van der Waals surface area contributed by atoms with Crippen LogP contribution in [-0.4, -0.2) is 10.1 Å². The molecule has 2 rings (SSSR count). The molecule has 0 radical (unpaired) electrons. The number of hydrogen-bond donors (Lipinski definition) is 2. The fourth-order valence-electron chi connectivity index (χ4n) is 1.82. The number of aromatic nitrogens is 1. The number of rotatable bonds is 2. The minimum atomic E-state index is -1.61. The van der Waals surface area contributed by atoms with Crippen molar-refractivity contribution in [3.63, 3.8) is 0 Å². The molecule has 1 atom stereocenters. The zero-order valence-corrected chi connectivity index (χ0v) is 9.69. The molecule has 3 N–H and O–H groups in total. The summed E-state index contributed by atoms with van der Waals surface area (Å²) >= 11 is 0. The number of benzene rings is 1. The van der Waals surface area contributed by atoms with Crippen LogP contribution in [0.1, 0.15) is 18.1 Å². The maximum absolute atomic E-state index is 13.2. The van der Waals surface area contributed by atoms with E-state index in [0.29, 0.717) is 5.56 Å². The molecule has 1 heterocycles. The number of pyridine rings is 1. The predicted octanol–water partition coefficient (Wildman–Crippen LogP) is 2.20. The van der Waals surface area contributed by atoms with Crippen LogP contribution < -0.4 is 5.73 Å². The SMILES string of the molecule is CC(O)(c1cc(F)cc(F)c1)c1cccnc1N. The van der Waals surface area contributed by atoms with Crippen molar-refractivity contribution < 1.29 is 13.9 Å². The van der Waals surface area contributed by atoms with E-state index in [1.54, 1.807) is 12.1 Å². The molecule has 0 bridgehead atoms. The summed E-state index contributed by atoms with van der Waals surface area (Å²) in [6, 6.07) is 6.03. The van der Waals surface area contributed by atoms with Gasteiger partial charge in [-0.2, -0.15) is 0 Å². The molecular weight excluding hydrogens is 238 g/mol. The highest BCUT2D eigenvalue weighted by atomic mass is 19.1. The normalized spacial score (nSPS) is 14.2. The van der Waals surface area contributed by atoms with E-state index >= 15 is 0 Å². The molecule has 94 valence electrons. The molecule has 0 saturated carbocycles. The number of anilines is 1. The summed E-state index contributed by atoms with van der Waals surface area (Å²) in [5.74, 6) is -1.40. The van der Waals surface area contributed by atoms with Gasteiger partial charge in [0.2, 0.25) is 0 Å². The molecule has 0 aliphatic carbocycles. The largest absolute Gasteiger partial charge is 0.383 e. The lowest BCUT2D eigenvalue weighted by Gasteiger charge is -2.25. The molecule has 1 aromatic heterocycles. The first-order valence-electron chi connectivity index (χ1n) is 5.31. The van der Waals surface area contributed by atoms with Crippen molar-refractivity contribution >= 4 is 5.82 Å². The van der Waals surface area contributed by atoms with E-state index in [1.165, 1.54) is 13.1 Å². The Hall–Kier alpha value is -2.01. The standard InChI is InChI=1S/C13H12F2N2O/c1-13(18,11-3-2-4-17-12(11)16)8-5-9(14)7-10(15)6-8/h2-7,18H,1H3,(H2,16,17). The Bertz CT molecular complexity index is 565. The van der Waals surface area contributed by atoms with Gasteiger partial charge in [-0.25, -0.2) is 13.8 Å². The molecular formula is C13H12F2N2O. The summed E-state index contributed by atoms with van der Waals surface area (Å²) in [6.45, 7) is 1.41. The van der Waals surface area contributed by atoms with Crippen LogP contribution in [-0.2, 0) is 5.60 Å². The monoisotopic (exact) mass is 250 g/mol. The number of nitrogen functional groups attached to an aromatic ring is 1. The summed E-state index contributed by atoms with van der Waals surface area (Å²) in [4.78, 5) is 3.85. The molecule has 0 aliphatic heterocycles. The molecule has 5 heteroatoms. The van der Waals surface area contributed by atoms with Gasteiger partial charge >= 0.3 is 0 Å². The van der Waals surface area contributed by atoms with Crippen LogP contribution in [0.15, 0.2) is 36.5 Å². The highest BCUT2D eigenvalue weighted by Gasteiger charge is 2.29. The second-order valence-electron chi connectivity index (χ2n) is 4.17. The van der Waals surface area contributed by atoms with Gasteiger partial charge in [-0.1, -0.05) is 6.07 Å². The molecule has 0 fully saturated rings. The van der Waals surface area contributed by atoms with Gasteiger partial charge in [-0.05, 0) is 30.7 Å². The number of nitrogens with two attached hydrogens (primary N) is 1. The highest BCUT2D eigenvalue weighted by Crippen LogP contribution is 2.32. The molecule has 3 nitrogen and oxygen atoms in total. The molecule has 1 aromatic carbocycles. The summed E-state index contributed by atoms with van der Waals surface area (Å²) < 4.78 is 26.4. The fraction of sp³-hybridized carbons (Fsp3) is 0.154. The Morgan fingerprint density at radius 1 is 1.22 bits per heavy atom. The minimum absolute atomic E-state index is 0.0831. The lowest BCUT2D eigenvalue weighted by atomic mass is 9.88. The summed E-state index contributed by atoms with van der Waals surface area (Å²) in [5, 5.41) is 10.4. The van der Waals surface area contributed by atoms with Gasteiger partial charge in [-0.3, -0.25) is 0 Å². The Balaban J connectivity index is 2.57. The third-order valence-corrected chi connectivity index (χ3v) is 2.79. The van der Waals surface area contributed by atoms with Crippen molar-refractivity contribution in [1.82, 2.24) is 4.98 Å². The third-order valence-electron chi connectivity index (χ3n) is 2.79. The van der Waals surface area contributed by atoms with E-state index in [9.17, 15) is 13.9 Å². The predicted molar refractivity (Wildman–Crippen MR) is 63.7 cm³/mol. The van der Waals surface area contributed by atoms with Crippen molar-refractivity contribution in [1.29, 1.82) is 0 Å². The van der Waals surface area contributed by atoms with Crippen LogP contribution in [0.2, 0.25) is 0 Å². The van der Waals surface area contributed by atoms with Crippen LogP contribution in [0.4, 0.5) is 14.6 Å². The third kappa shape index (κ3) is 2.17. The molecule has 2 aromatic rings. The maximum Gasteiger partial charge on any atom is 0.129 e. The van der Waals surface area contributed by atoms with Crippen LogP contribution in [0, 0.1) is 11.6 Å². The Morgan fingerprint density at radius 3 is 2.39 bits per heavy atom. The Kier molecular flexibility index (Phi) is 3.00. The lowest BCUT2D eigenvalue weighted by Crippen LogP contribution is -2.25. The van der Waals surface area contributed by atoms with Crippen LogP contribution in [0.3, 0.4) is 0 Å². The van der Waals surface area contributed by atoms with Crippen molar-refractivity contribution in [3.8, 4) is 0 Å². The first-order chi connectivity index (χ1) is 8.41. The zero-order chi connectivity index (χ0) is 13.3. The molecule has 0 aliphatic rings. The summed E-state index contributed by atoms with van der Waals surface area (Å²) in [7, 11) is 0. The highest BCUT2D eigenvalue weighted by molar-refractivity contribution is 5.47. The van der Waals surface area contributed by atoms with Gasteiger partial charge in [0, 0.05) is 17.8 Å². The molecule has 0 amide bonds. The maximum atomic E-state index is 13.2. The second kappa shape index (κ2) is 4.34. The number of nitrogens with zero attached hydrogens (tertiary/aromatic N) is 1. The van der Waals surface area contributed by atoms with E-state index in [-0.39, 0.29) is 11.4 Å². The van der Waals surface area contributed by atoms with Crippen LogP contribution >= 0.6 is 0 Å². The van der Waals surface area contributed by atoms with Crippen LogP contribution in [0.25, 0.3) is 0 Å². The summed E-state index contributed by atoms with van der Waals surface area (Å²) in [5.41, 5.74) is 4.44. The Morgan fingerprint density at radius 2 is 1.83 bits per heavy atom. The van der Waals surface area contributed by atoms with Gasteiger partial charge in [0.15, 0.2) is 0 Å². The molecule has 18 heavy (non-hydrogen) atoms. The lowest BCUT2D eigenvalue weighted by molar-refractivity contribution is 0.102. The van der Waals surface area contributed by atoms with Gasteiger partial charge in [0.1, 0.15) is 23.1 Å². The number of aliphatic hydroxyl groups is 1. The van der Waals surface area contributed by atoms with Crippen molar-refractivity contribution in [2.24, 2.45) is 0 Å². The van der Waals surface area contributed by atoms with Crippen molar-refractivity contribution in [2.75, 3.05) is 5.73 Å². The quantitative estimate of drug-likeness (QED) is 0.859. The first kappa shape index (κ1) is 12.4. The minimum Gasteiger partial charge on any atom is -0.383 e. The van der Waals surface area contributed by atoms with Crippen LogP contribution in [0.5, 0.6) is 0 Å². The topological polar surface area (TPSA) is 59.1 Å². The van der Waals surface area contributed by atoms with E-state index in [0.717, 1.165) is 18.2 Å². The van der Waals surface area contributed by atoms with Crippen molar-refractivity contribution in [2.45, 2.75) is 12.5 Å². The Labute approximate surface area is 103 Å². The summed E-state index contributed by atoms with van der Waals surface area (Å²) in [6.07, 6.45) is 1.47. The first-order valence-corrected chi connectivity index (χ1v) is 5.31. The molecule has 0 spiro atoms.